The molecule has 1 aliphatic rings. The number of rotatable bonds is 4. The molecule has 0 bridgehead atoms. The van der Waals surface area contributed by atoms with E-state index in [9.17, 15) is 4.79 Å². The molecule has 8 heteroatoms. The van der Waals surface area contributed by atoms with E-state index in [-0.39, 0.29) is 12.8 Å². The predicted octanol–water partition coefficient (Wildman–Crippen LogP) is 3.10. The lowest BCUT2D eigenvalue weighted by Gasteiger charge is -2.09. The molecule has 26 heavy (non-hydrogen) atoms. The number of aryl methyl sites for hydroxylation is 1. The second-order valence-corrected chi connectivity index (χ2v) is 5.71. The third-order valence-electron chi connectivity index (χ3n) is 3.80. The summed E-state index contributed by atoms with van der Waals surface area (Å²) in [6.45, 7) is 2.32. The number of carbonyl (C=O) groups is 1. The van der Waals surface area contributed by atoms with Crippen LogP contribution in [0, 0.1) is 6.92 Å². The van der Waals surface area contributed by atoms with Crippen LogP contribution < -0.4 is 20.1 Å². The minimum Gasteiger partial charge on any atom is -0.454 e. The Morgan fingerprint density at radius 2 is 2.04 bits per heavy atom. The second kappa shape index (κ2) is 6.75. The summed E-state index contributed by atoms with van der Waals surface area (Å²) in [6, 6.07) is 12.5. The van der Waals surface area contributed by atoms with Crippen LogP contribution in [-0.4, -0.2) is 23.0 Å². The molecule has 0 aliphatic carbocycles. The number of urea groups is 1. The van der Waals surface area contributed by atoms with Crippen molar-refractivity contribution in [2.75, 3.05) is 12.1 Å². The van der Waals surface area contributed by atoms with Crippen molar-refractivity contribution in [3.63, 3.8) is 0 Å². The molecule has 0 fully saturated rings. The molecule has 0 atom stereocenters. The molecule has 0 saturated carbocycles. The van der Waals surface area contributed by atoms with Crippen LogP contribution in [0.15, 0.2) is 47.0 Å². The van der Waals surface area contributed by atoms with Crippen LogP contribution in [0.2, 0.25) is 0 Å². The third kappa shape index (κ3) is 3.44. The van der Waals surface area contributed by atoms with Gasteiger partial charge in [-0.15, -0.1) is 0 Å². The lowest BCUT2D eigenvalue weighted by Crippen LogP contribution is -2.28. The van der Waals surface area contributed by atoms with Crippen LogP contribution in [0.1, 0.15) is 11.5 Å². The highest BCUT2D eigenvalue weighted by Gasteiger charge is 2.13. The number of benzene rings is 2. The molecule has 8 nitrogen and oxygen atoms in total. The summed E-state index contributed by atoms with van der Waals surface area (Å²) in [7, 11) is 0. The zero-order valence-electron chi connectivity index (χ0n) is 14.0. The minimum atomic E-state index is -0.316. The van der Waals surface area contributed by atoms with Crippen molar-refractivity contribution in [2.45, 2.75) is 13.5 Å². The van der Waals surface area contributed by atoms with Gasteiger partial charge in [-0.2, -0.15) is 4.98 Å². The maximum Gasteiger partial charge on any atom is 0.319 e. The van der Waals surface area contributed by atoms with Crippen molar-refractivity contribution >= 4 is 11.7 Å². The average molecular weight is 352 g/mol. The smallest absolute Gasteiger partial charge is 0.319 e. The molecular formula is C18H16N4O4. The molecule has 3 aromatic rings. The van der Waals surface area contributed by atoms with Gasteiger partial charge in [-0.3, -0.25) is 0 Å². The van der Waals surface area contributed by atoms with Crippen LogP contribution in [0.3, 0.4) is 0 Å². The molecule has 132 valence electrons. The Hall–Kier alpha value is -3.55. The summed E-state index contributed by atoms with van der Waals surface area (Å²) in [5.41, 5.74) is 2.31. The van der Waals surface area contributed by atoms with Gasteiger partial charge in [-0.25, -0.2) is 4.79 Å². The number of anilines is 1. The molecule has 0 radical (unpaired) electrons. The number of carbonyl (C=O) groups excluding carboxylic acids is 1. The number of nitrogens with zero attached hydrogens (tertiary/aromatic N) is 2. The standard InChI is InChI=1S/C18H16N4O4/c1-11-20-17(22-26-11)13-3-2-4-14(8-13)21-18(23)19-9-12-5-6-15-16(7-12)25-10-24-15/h2-8H,9-10H2,1H3,(H2,19,21,23). The van der Waals surface area contributed by atoms with Crippen LogP contribution in [0.5, 0.6) is 11.5 Å². The quantitative estimate of drug-likeness (QED) is 0.749. The Morgan fingerprint density at radius 3 is 2.88 bits per heavy atom. The highest BCUT2D eigenvalue weighted by Crippen LogP contribution is 2.32. The molecule has 0 unspecified atom stereocenters. The summed E-state index contributed by atoms with van der Waals surface area (Å²) < 4.78 is 15.6. The number of hydrogen-bond donors (Lipinski definition) is 2. The fraction of sp³-hybridized carbons (Fsp3) is 0.167. The van der Waals surface area contributed by atoms with E-state index < -0.39 is 0 Å². The van der Waals surface area contributed by atoms with Crippen molar-refractivity contribution in [1.82, 2.24) is 15.5 Å². The first-order valence-electron chi connectivity index (χ1n) is 8.01. The Balaban J connectivity index is 1.37. The van der Waals surface area contributed by atoms with E-state index in [2.05, 4.69) is 20.8 Å². The molecule has 0 spiro atoms. The zero-order valence-corrected chi connectivity index (χ0v) is 14.0. The molecule has 1 aromatic heterocycles. The lowest BCUT2D eigenvalue weighted by atomic mass is 10.2. The highest BCUT2D eigenvalue weighted by molar-refractivity contribution is 5.89. The number of aromatic nitrogens is 2. The van der Waals surface area contributed by atoms with E-state index in [1.807, 2.05) is 30.3 Å². The van der Waals surface area contributed by atoms with Gasteiger partial charge in [0.15, 0.2) is 11.5 Å². The van der Waals surface area contributed by atoms with Crippen LogP contribution in [-0.2, 0) is 6.54 Å². The molecule has 4 rings (SSSR count). The van der Waals surface area contributed by atoms with Gasteiger partial charge in [0.25, 0.3) is 0 Å². The molecule has 2 amide bonds. The van der Waals surface area contributed by atoms with Gasteiger partial charge in [-0.05, 0) is 29.8 Å². The van der Waals surface area contributed by atoms with Crippen LogP contribution >= 0.6 is 0 Å². The molecule has 0 saturated heterocycles. The van der Waals surface area contributed by atoms with Crippen molar-refractivity contribution in [3.05, 3.63) is 53.9 Å². The van der Waals surface area contributed by atoms with Gasteiger partial charge >= 0.3 is 6.03 Å². The maximum absolute atomic E-state index is 12.1. The maximum atomic E-state index is 12.1. The number of fused-ring (bicyclic) bond motifs is 1. The summed E-state index contributed by atoms with van der Waals surface area (Å²) in [5.74, 6) is 2.37. The second-order valence-electron chi connectivity index (χ2n) is 5.71. The molecule has 1 aliphatic heterocycles. The van der Waals surface area contributed by atoms with Crippen LogP contribution in [0.25, 0.3) is 11.4 Å². The van der Waals surface area contributed by atoms with Crippen LogP contribution in [0.4, 0.5) is 10.5 Å². The Labute approximate surface area is 149 Å². The van der Waals surface area contributed by atoms with E-state index in [0.29, 0.717) is 35.4 Å². The Kier molecular flexibility index (Phi) is 4.14. The van der Waals surface area contributed by atoms with Crippen molar-refractivity contribution in [1.29, 1.82) is 0 Å². The molecule has 2 N–H and O–H groups in total. The van der Waals surface area contributed by atoms with E-state index in [1.54, 1.807) is 19.1 Å². The molecule has 2 aromatic carbocycles. The largest absolute Gasteiger partial charge is 0.454 e. The first kappa shape index (κ1) is 15.9. The normalized spacial score (nSPS) is 12.0. The summed E-state index contributed by atoms with van der Waals surface area (Å²) >= 11 is 0. The summed E-state index contributed by atoms with van der Waals surface area (Å²) in [4.78, 5) is 16.3. The van der Waals surface area contributed by atoms with Gasteiger partial charge in [0.2, 0.25) is 18.5 Å². The number of nitrogens with one attached hydrogen (secondary N) is 2. The van der Waals surface area contributed by atoms with Gasteiger partial charge in [0, 0.05) is 24.7 Å². The fourth-order valence-corrected chi connectivity index (χ4v) is 2.56. The van der Waals surface area contributed by atoms with Crippen molar-refractivity contribution < 1.29 is 18.8 Å². The number of amides is 2. The lowest BCUT2D eigenvalue weighted by molar-refractivity contribution is 0.174. The Bertz CT molecular complexity index is 954. The van der Waals surface area contributed by atoms with E-state index in [0.717, 1.165) is 11.1 Å². The topological polar surface area (TPSA) is 98.5 Å². The molecule has 2 heterocycles. The third-order valence-corrected chi connectivity index (χ3v) is 3.80. The van der Waals surface area contributed by atoms with Gasteiger partial charge in [0.1, 0.15) is 0 Å². The molecular weight excluding hydrogens is 336 g/mol. The first-order chi connectivity index (χ1) is 12.7. The fourth-order valence-electron chi connectivity index (χ4n) is 2.56. The van der Waals surface area contributed by atoms with Crippen molar-refractivity contribution in [3.8, 4) is 22.9 Å². The van der Waals surface area contributed by atoms with Gasteiger partial charge < -0.3 is 24.6 Å². The Morgan fingerprint density at radius 1 is 1.15 bits per heavy atom. The minimum absolute atomic E-state index is 0.225. The van der Waals surface area contributed by atoms with E-state index in [4.69, 9.17) is 14.0 Å². The van der Waals surface area contributed by atoms with E-state index in [1.165, 1.54) is 0 Å². The predicted molar refractivity (Wildman–Crippen MR) is 92.9 cm³/mol. The van der Waals surface area contributed by atoms with E-state index >= 15 is 0 Å². The first-order valence-corrected chi connectivity index (χ1v) is 8.01. The van der Waals surface area contributed by atoms with Gasteiger partial charge in [0.05, 0.1) is 0 Å². The van der Waals surface area contributed by atoms with Gasteiger partial charge in [-0.1, -0.05) is 23.4 Å². The highest BCUT2D eigenvalue weighted by atomic mass is 16.7. The van der Waals surface area contributed by atoms with Crippen molar-refractivity contribution in [2.24, 2.45) is 0 Å². The number of hydrogen-bond acceptors (Lipinski definition) is 6. The SMILES string of the molecule is Cc1nc(-c2cccc(NC(=O)NCc3ccc4c(c3)OCO4)c2)no1. The summed E-state index contributed by atoms with van der Waals surface area (Å²) in [6.07, 6.45) is 0. The number of ether oxygens (including phenoxy) is 2. The zero-order chi connectivity index (χ0) is 17.9. The average Bonchev–Trinajstić information content (AvgIpc) is 3.28. The summed E-state index contributed by atoms with van der Waals surface area (Å²) in [5, 5.41) is 9.47. The monoisotopic (exact) mass is 352 g/mol.